The molecule has 0 saturated carbocycles. The van der Waals surface area contributed by atoms with Crippen molar-refractivity contribution in [3.63, 3.8) is 0 Å². The summed E-state index contributed by atoms with van der Waals surface area (Å²) in [4.78, 5) is 27.4. The van der Waals surface area contributed by atoms with Gasteiger partial charge >= 0.3 is 12.1 Å². The number of hydrogen-bond acceptors (Lipinski definition) is 7. The molecule has 13 heteroatoms. The van der Waals surface area contributed by atoms with Crippen molar-refractivity contribution >= 4 is 18.1 Å². The third-order valence-corrected chi connectivity index (χ3v) is 5.54. The highest BCUT2D eigenvalue weighted by atomic mass is 32.1. The number of allylic oxidation sites excluding steroid dienone is 1. The summed E-state index contributed by atoms with van der Waals surface area (Å²) in [5.41, 5.74) is -0.152. The van der Waals surface area contributed by atoms with Crippen LogP contribution in [0.4, 0.5) is 13.2 Å². The standard InChI is InChI=1S/C20H26F3N3O6S/c1-10(2)5-6-25(17(29)20(21,22)23)7-11-8-26(18(33)24-15(11)28)16-14-13(12(9-27)30-16)31-19(3,4)32-14/h5,8,12-14,16,27H,6-7,9H2,1-4H3,(H,24,28,33)/t12-,13+,14?,16-/m1/s1. The molecule has 2 N–H and O–H groups in total. The van der Waals surface area contributed by atoms with Gasteiger partial charge in [0.05, 0.1) is 18.7 Å². The molecule has 0 bridgehead atoms. The van der Waals surface area contributed by atoms with Gasteiger partial charge in [-0.05, 0) is 39.9 Å². The summed E-state index contributed by atoms with van der Waals surface area (Å²) >= 11 is 5.24. The number of hydrogen-bond donors (Lipinski definition) is 2. The van der Waals surface area contributed by atoms with E-state index >= 15 is 0 Å². The molecule has 2 aliphatic heterocycles. The van der Waals surface area contributed by atoms with E-state index in [9.17, 15) is 27.9 Å². The van der Waals surface area contributed by atoms with Crippen molar-refractivity contribution < 1.29 is 37.3 Å². The zero-order chi connectivity index (χ0) is 24.7. The molecule has 1 aromatic heterocycles. The lowest BCUT2D eigenvalue weighted by Gasteiger charge is -2.26. The maximum Gasteiger partial charge on any atom is 0.471 e. The molecule has 1 amide bonds. The minimum atomic E-state index is -5.10. The van der Waals surface area contributed by atoms with Crippen LogP contribution in [0.5, 0.6) is 0 Å². The van der Waals surface area contributed by atoms with Crippen LogP contribution in [0.15, 0.2) is 22.6 Å². The Morgan fingerprint density at radius 2 is 1.97 bits per heavy atom. The molecule has 2 saturated heterocycles. The molecule has 1 unspecified atom stereocenters. The molecule has 3 heterocycles. The summed E-state index contributed by atoms with van der Waals surface area (Å²) in [6, 6.07) is 0. The maximum atomic E-state index is 13.1. The number of halogens is 3. The number of carbonyl (C=O) groups is 1. The van der Waals surface area contributed by atoms with E-state index in [4.69, 9.17) is 26.4 Å². The first-order valence-corrected chi connectivity index (χ1v) is 10.6. The quantitative estimate of drug-likeness (QED) is 0.462. The zero-order valence-corrected chi connectivity index (χ0v) is 19.3. The van der Waals surface area contributed by atoms with Crippen LogP contribution >= 0.6 is 12.2 Å². The average Bonchev–Trinajstić information content (AvgIpc) is 3.18. The summed E-state index contributed by atoms with van der Waals surface area (Å²) in [6.07, 6.45) is -5.37. The van der Waals surface area contributed by atoms with Crippen LogP contribution in [-0.2, 0) is 25.5 Å². The Morgan fingerprint density at radius 1 is 1.33 bits per heavy atom. The van der Waals surface area contributed by atoms with Crippen LogP contribution in [0, 0.1) is 4.77 Å². The Balaban J connectivity index is 1.97. The summed E-state index contributed by atoms with van der Waals surface area (Å²) < 4.78 is 58.2. The molecule has 2 fully saturated rings. The summed E-state index contributed by atoms with van der Waals surface area (Å²) in [5.74, 6) is -3.03. The number of aliphatic hydroxyl groups is 1. The number of nitrogens with zero attached hydrogens (tertiary/aromatic N) is 2. The van der Waals surface area contributed by atoms with Crippen molar-refractivity contribution in [2.24, 2.45) is 0 Å². The van der Waals surface area contributed by atoms with Gasteiger partial charge in [-0.3, -0.25) is 19.1 Å². The molecule has 0 radical (unpaired) electrons. The van der Waals surface area contributed by atoms with Crippen molar-refractivity contribution in [1.29, 1.82) is 0 Å². The van der Waals surface area contributed by atoms with Gasteiger partial charge < -0.3 is 24.2 Å². The van der Waals surface area contributed by atoms with E-state index in [1.165, 1.54) is 16.8 Å². The first kappa shape index (κ1) is 25.6. The topological polar surface area (TPSA) is 106 Å². The van der Waals surface area contributed by atoms with E-state index in [1.807, 2.05) is 0 Å². The fourth-order valence-corrected chi connectivity index (χ4v) is 4.00. The van der Waals surface area contributed by atoms with Gasteiger partial charge in [0.15, 0.2) is 16.8 Å². The Bertz CT molecular complexity index is 1050. The number of aromatic nitrogens is 2. The summed E-state index contributed by atoms with van der Waals surface area (Å²) in [5, 5.41) is 9.67. The average molecular weight is 494 g/mol. The molecule has 9 nitrogen and oxygen atoms in total. The first-order chi connectivity index (χ1) is 15.2. The van der Waals surface area contributed by atoms with E-state index in [0.29, 0.717) is 10.5 Å². The molecule has 1 aromatic rings. The lowest BCUT2D eigenvalue weighted by atomic mass is 10.1. The lowest BCUT2D eigenvalue weighted by molar-refractivity contribution is -0.200. The number of ether oxygens (including phenoxy) is 3. The van der Waals surface area contributed by atoms with Gasteiger partial charge in [0.2, 0.25) is 0 Å². The second kappa shape index (κ2) is 9.29. The molecule has 4 atom stereocenters. The molecule has 3 rings (SSSR count). The van der Waals surface area contributed by atoms with Crippen LogP contribution in [0.3, 0.4) is 0 Å². The number of aliphatic hydroxyl groups excluding tert-OH is 1. The number of rotatable bonds is 6. The molecular weight excluding hydrogens is 467 g/mol. The Hall–Kier alpha value is -2.06. The van der Waals surface area contributed by atoms with Crippen molar-refractivity contribution in [3.8, 4) is 0 Å². The Morgan fingerprint density at radius 3 is 2.55 bits per heavy atom. The summed E-state index contributed by atoms with van der Waals surface area (Å²) in [7, 11) is 0. The monoisotopic (exact) mass is 493 g/mol. The van der Waals surface area contributed by atoms with Crippen molar-refractivity contribution in [3.05, 3.63) is 38.5 Å². The number of amides is 1. The minimum absolute atomic E-state index is 0.0580. The van der Waals surface area contributed by atoms with Gasteiger partial charge in [-0.25, -0.2) is 0 Å². The van der Waals surface area contributed by atoms with E-state index in [2.05, 4.69) is 4.98 Å². The number of aromatic amines is 1. The number of carbonyl (C=O) groups excluding carboxylic acids is 1. The predicted octanol–water partition coefficient (Wildman–Crippen LogP) is 2.17. The van der Waals surface area contributed by atoms with Crippen LogP contribution in [0.25, 0.3) is 0 Å². The van der Waals surface area contributed by atoms with E-state index < -0.39 is 54.5 Å². The normalized spacial score (nSPS) is 26.2. The Kier molecular flexibility index (Phi) is 7.20. The Labute approximate surface area is 192 Å². The number of nitrogens with one attached hydrogen (secondary N) is 1. The number of alkyl halides is 3. The van der Waals surface area contributed by atoms with Crippen LogP contribution in [0.2, 0.25) is 0 Å². The van der Waals surface area contributed by atoms with Gasteiger partial charge in [-0.1, -0.05) is 11.6 Å². The number of fused-ring (bicyclic) bond motifs is 1. The second-order valence-electron chi connectivity index (χ2n) is 8.60. The molecule has 0 spiro atoms. The highest BCUT2D eigenvalue weighted by molar-refractivity contribution is 7.71. The fourth-order valence-electron chi connectivity index (χ4n) is 3.76. The van der Waals surface area contributed by atoms with E-state index in [0.717, 1.165) is 0 Å². The van der Waals surface area contributed by atoms with Gasteiger partial charge in [0.1, 0.15) is 18.3 Å². The summed E-state index contributed by atoms with van der Waals surface area (Å²) in [6.45, 7) is 5.44. The fraction of sp³-hybridized carbons (Fsp3) is 0.650. The minimum Gasteiger partial charge on any atom is -0.394 e. The SMILES string of the molecule is CC(C)=CCN(Cc1cn([C@@H]2O[C@H](CO)[C@@H]3OC(C)(C)OC32)c(=S)[nH]c1=O)C(=O)C(F)(F)F. The smallest absolute Gasteiger partial charge is 0.394 e. The van der Waals surface area contributed by atoms with E-state index in [-0.39, 0.29) is 23.5 Å². The molecule has 33 heavy (non-hydrogen) atoms. The lowest BCUT2D eigenvalue weighted by Crippen LogP contribution is -2.42. The molecular formula is C20H26F3N3O6S. The van der Waals surface area contributed by atoms with Gasteiger partial charge in [-0.15, -0.1) is 0 Å². The maximum absolute atomic E-state index is 13.1. The van der Waals surface area contributed by atoms with Crippen LogP contribution in [-0.4, -0.2) is 68.9 Å². The highest BCUT2D eigenvalue weighted by Crippen LogP contribution is 2.42. The molecule has 0 aromatic carbocycles. The van der Waals surface area contributed by atoms with Crippen molar-refractivity contribution in [2.45, 2.75) is 70.7 Å². The van der Waals surface area contributed by atoms with Crippen molar-refractivity contribution in [1.82, 2.24) is 14.5 Å². The van der Waals surface area contributed by atoms with Crippen LogP contribution in [0.1, 0.15) is 39.5 Å². The molecule has 184 valence electrons. The van der Waals surface area contributed by atoms with Crippen molar-refractivity contribution in [2.75, 3.05) is 13.2 Å². The van der Waals surface area contributed by atoms with Gasteiger partial charge in [0.25, 0.3) is 5.56 Å². The van der Waals surface area contributed by atoms with Gasteiger partial charge in [0, 0.05) is 12.7 Å². The second-order valence-corrected chi connectivity index (χ2v) is 8.98. The third-order valence-electron chi connectivity index (χ3n) is 5.23. The van der Waals surface area contributed by atoms with Gasteiger partial charge in [-0.2, -0.15) is 13.2 Å². The number of H-pyrrole nitrogens is 1. The largest absolute Gasteiger partial charge is 0.471 e. The van der Waals surface area contributed by atoms with E-state index in [1.54, 1.807) is 27.7 Å². The first-order valence-electron chi connectivity index (χ1n) is 10.2. The van der Waals surface area contributed by atoms with Crippen LogP contribution < -0.4 is 5.56 Å². The highest BCUT2D eigenvalue weighted by Gasteiger charge is 2.55. The molecule has 0 aliphatic carbocycles. The predicted molar refractivity (Wildman–Crippen MR) is 112 cm³/mol. The molecule has 2 aliphatic rings. The zero-order valence-electron chi connectivity index (χ0n) is 18.5. The third kappa shape index (κ3) is 5.54.